The molecule has 1 N–H and O–H groups in total. The third kappa shape index (κ3) is 3.41. The van der Waals surface area contributed by atoms with E-state index in [0.29, 0.717) is 0 Å². The molecule has 5 nitrogen and oxygen atoms in total. The maximum absolute atomic E-state index is 5.24. The van der Waals surface area contributed by atoms with E-state index in [1.165, 1.54) is 0 Å². The summed E-state index contributed by atoms with van der Waals surface area (Å²) in [6, 6.07) is 0. The zero-order chi connectivity index (χ0) is 13.0. The Labute approximate surface area is 118 Å². The van der Waals surface area contributed by atoms with Crippen molar-refractivity contribution >= 4 is 39.6 Å². The van der Waals surface area contributed by atoms with Gasteiger partial charge in [-0.05, 0) is 6.92 Å². The second-order valence-corrected chi connectivity index (χ2v) is 6.56. The monoisotopic (exact) mass is 302 g/mol. The van der Waals surface area contributed by atoms with Gasteiger partial charge >= 0.3 is 0 Å². The first-order valence-corrected chi connectivity index (χ1v) is 8.02. The summed E-state index contributed by atoms with van der Waals surface area (Å²) in [5.74, 6) is 0.811. The van der Waals surface area contributed by atoms with Gasteiger partial charge in [0.1, 0.15) is 11.1 Å². The Hall–Kier alpha value is -0.700. The molecule has 2 aromatic rings. The van der Waals surface area contributed by atoms with Crippen LogP contribution in [0.3, 0.4) is 0 Å². The van der Waals surface area contributed by atoms with Crippen LogP contribution >= 0.6 is 34.4 Å². The predicted octanol–water partition coefficient (Wildman–Crippen LogP) is 3.04. The standard InChI is InChI=1S/C10H14N4OS3/c1-6(15-3)8-12-7(4-16-8)5-17-10-14-13-9(11-2)18-10/h4,6H,5H2,1-3H3,(H,11,13)/t6-/m0/s1. The number of aromatic nitrogens is 3. The molecule has 0 saturated heterocycles. The van der Waals surface area contributed by atoms with Crippen LogP contribution in [-0.4, -0.2) is 29.3 Å². The highest BCUT2D eigenvalue weighted by molar-refractivity contribution is 8.00. The van der Waals surface area contributed by atoms with Crippen molar-refractivity contribution in [2.75, 3.05) is 19.5 Å². The Bertz CT molecular complexity index is 499. The molecule has 0 aromatic carbocycles. The molecule has 0 unspecified atom stereocenters. The molecule has 1 atom stereocenters. The van der Waals surface area contributed by atoms with Crippen LogP contribution in [0.2, 0.25) is 0 Å². The van der Waals surface area contributed by atoms with Crippen LogP contribution in [-0.2, 0) is 10.5 Å². The molecular weight excluding hydrogens is 288 g/mol. The van der Waals surface area contributed by atoms with Gasteiger partial charge in [-0.2, -0.15) is 0 Å². The van der Waals surface area contributed by atoms with Crippen LogP contribution in [0.15, 0.2) is 9.72 Å². The van der Waals surface area contributed by atoms with Crippen molar-refractivity contribution in [3.63, 3.8) is 0 Å². The lowest BCUT2D eigenvalue weighted by Gasteiger charge is -2.03. The zero-order valence-corrected chi connectivity index (χ0v) is 12.8. The Morgan fingerprint density at radius 1 is 1.50 bits per heavy atom. The molecule has 2 rings (SSSR count). The molecule has 0 aliphatic rings. The quantitative estimate of drug-likeness (QED) is 0.828. The van der Waals surface area contributed by atoms with E-state index < -0.39 is 0 Å². The van der Waals surface area contributed by atoms with Gasteiger partial charge in [0.15, 0.2) is 4.34 Å². The number of ether oxygens (including phenoxy) is 1. The first-order valence-electron chi connectivity index (χ1n) is 5.34. The first-order chi connectivity index (χ1) is 8.72. The highest BCUT2D eigenvalue weighted by atomic mass is 32.2. The average molecular weight is 302 g/mol. The Kier molecular flexibility index (Phi) is 4.93. The lowest BCUT2D eigenvalue weighted by Crippen LogP contribution is -1.94. The van der Waals surface area contributed by atoms with Crippen molar-refractivity contribution in [2.45, 2.75) is 23.1 Å². The van der Waals surface area contributed by atoms with Crippen molar-refractivity contribution in [1.29, 1.82) is 0 Å². The van der Waals surface area contributed by atoms with Crippen molar-refractivity contribution in [3.05, 3.63) is 16.1 Å². The summed E-state index contributed by atoms with van der Waals surface area (Å²) >= 11 is 4.83. The fraction of sp³-hybridized carbons (Fsp3) is 0.500. The van der Waals surface area contributed by atoms with Crippen molar-refractivity contribution in [3.8, 4) is 0 Å². The van der Waals surface area contributed by atoms with Crippen LogP contribution in [0.4, 0.5) is 5.13 Å². The largest absolute Gasteiger partial charge is 0.375 e. The third-order valence-corrected chi connectivity index (χ3v) is 5.40. The Morgan fingerprint density at radius 3 is 3.00 bits per heavy atom. The van der Waals surface area contributed by atoms with Gasteiger partial charge in [0.05, 0.1) is 5.69 Å². The molecule has 0 aliphatic heterocycles. The minimum Gasteiger partial charge on any atom is -0.375 e. The van der Waals surface area contributed by atoms with Gasteiger partial charge in [-0.3, -0.25) is 0 Å². The molecule has 0 saturated carbocycles. The van der Waals surface area contributed by atoms with Gasteiger partial charge in [0, 0.05) is 25.3 Å². The summed E-state index contributed by atoms with van der Waals surface area (Å²) in [6.07, 6.45) is 0.0613. The summed E-state index contributed by atoms with van der Waals surface area (Å²) < 4.78 is 6.20. The Morgan fingerprint density at radius 2 is 2.33 bits per heavy atom. The molecule has 8 heteroatoms. The summed E-state index contributed by atoms with van der Waals surface area (Å²) in [4.78, 5) is 4.54. The van der Waals surface area contributed by atoms with Gasteiger partial charge in [0.25, 0.3) is 0 Å². The number of methoxy groups -OCH3 is 1. The molecule has 0 radical (unpaired) electrons. The highest BCUT2D eigenvalue weighted by Crippen LogP contribution is 2.29. The second kappa shape index (κ2) is 6.46. The van der Waals surface area contributed by atoms with E-state index >= 15 is 0 Å². The van der Waals surface area contributed by atoms with Crippen molar-refractivity contribution in [1.82, 2.24) is 15.2 Å². The average Bonchev–Trinajstić information content (AvgIpc) is 3.04. The predicted molar refractivity (Wildman–Crippen MR) is 76.6 cm³/mol. The molecular formula is C10H14N4OS3. The molecule has 0 amide bonds. The molecule has 0 spiro atoms. The number of hydrogen-bond acceptors (Lipinski definition) is 8. The maximum Gasteiger partial charge on any atom is 0.206 e. The summed E-state index contributed by atoms with van der Waals surface area (Å²) in [5, 5.41) is 15.0. The first kappa shape index (κ1) is 13.7. The van der Waals surface area contributed by atoms with Crippen LogP contribution in [0.25, 0.3) is 0 Å². The van der Waals surface area contributed by atoms with Gasteiger partial charge in [-0.1, -0.05) is 23.1 Å². The van der Waals surface area contributed by atoms with Gasteiger partial charge in [-0.15, -0.1) is 21.5 Å². The van der Waals surface area contributed by atoms with E-state index in [4.69, 9.17) is 4.74 Å². The number of thioether (sulfide) groups is 1. The fourth-order valence-electron chi connectivity index (χ4n) is 1.18. The molecule has 0 fully saturated rings. The maximum atomic E-state index is 5.24. The van der Waals surface area contributed by atoms with Crippen LogP contribution in [0.1, 0.15) is 23.7 Å². The number of hydrogen-bond donors (Lipinski definition) is 1. The molecule has 0 bridgehead atoms. The molecule has 2 heterocycles. The number of nitrogens with zero attached hydrogens (tertiary/aromatic N) is 3. The SMILES string of the molecule is CNc1nnc(SCc2csc([C@H](C)OC)n2)s1. The van der Waals surface area contributed by atoms with Gasteiger partial charge < -0.3 is 10.1 Å². The third-order valence-electron chi connectivity index (χ3n) is 2.23. The minimum absolute atomic E-state index is 0.0613. The van der Waals surface area contributed by atoms with Crippen LogP contribution in [0.5, 0.6) is 0 Å². The Balaban J connectivity index is 1.91. The number of anilines is 1. The van der Waals surface area contributed by atoms with E-state index in [0.717, 1.165) is 25.9 Å². The summed E-state index contributed by atoms with van der Waals surface area (Å²) in [6.45, 7) is 2.00. The van der Waals surface area contributed by atoms with Crippen molar-refractivity contribution in [2.24, 2.45) is 0 Å². The topological polar surface area (TPSA) is 59.9 Å². The molecule has 0 aliphatic carbocycles. The second-order valence-electron chi connectivity index (χ2n) is 3.47. The molecule has 2 aromatic heterocycles. The number of thiazole rings is 1. The summed E-state index contributed by atoms with van der Waals surface area (Å²) in [7, 11) is 3.54. The fourth-order valence-corrected chi connectivity index (χ4v) is 3.74. The van der Waals surface area contributed by atoms with Crippen molar-refractivity contribution < 1.29 is 4.74 Å². The highest BCUT2D eigenvalue weighted by Gasteiger charge is 2.10. The van der Waals surface area contributed by atoms with Crippen LogP contribution in [0, 0.1) is 0 Å². The molecule has 98 valence electrons. The van der Waals surface area contributed by atoms with E-state index in [1.807, 2.05) is 14.0 Å². The molecule has 18 heavy (non-hydrogen) atoms. The smallest absolute Gasteiger partial charge is 0.206 e. The van der Waals surface area contributed by atoms with Crippen LogP contribution < -0.4 is 5.32 Å². The summed E-state index contributed by atoms with van der Waals surface area (Å²) in [5.41, 5.74) is 1.06. The lowest BCUT2D eigenvalue weighted by molar-refractivity contribution is 0.119. The van der Waals surface area contributed by atoms with E-state index in [-0.39, 0.29) is 6.10 Å². The van der Waals surface area contributed by atoms with Gasteiger partial charge in [0.2, 0.25) is 5.13 Å². The van der Waals surface area contributed by atoms with E-state index in [9.17, 15) is 0 Å². The van der Waals surface area contributed by atoms with E-state index in [2.05, 4.69) is 25.9 Å². The lowest BCUT2D eigenvalue weighted by atomic mass is 10.4. The van der Waals surface area contributed by atoms with Gasteiger partial charge in [-0.25, -0.2) is 4.98 Å². The number of rotatable bonds is 6. The normalized spacial score (nSPS) is 12.6. The number of nitrogens with one attached hydrogen (secondary N) is 1. The minimum atomic E-state index is 0.0613. The zero-order valence-electron chi connectivity index (χ0n) is 10.3. The van der Waals surface area contributed by atoms with E-state index in [1.54, 1.807) is 41.5 Å².